The zero-order valence-corrected chi connectivity index (χ0v) is 11.1. The molecule has 4 nitrogen and oxygen atoms in total. The van der Waals surface area contributed by atoms with E-state index in [9.17, 15) is 0 Å². The second-order valence-corrected chi connectivity index (χ2v) is 5.34. The number of nitrogens with one attached hydrogen (secondary N) is 1. The van der Waals surface area contributed by atoms with Crippen LogP contribution in [-0.4, -0.2) is 41.8 Å². The van der Waals surface area contributed by atoms with Gasteiger partial charge in [0, 0.05) is 43.7 Å². The number of hydrogen-bond acceptors (Lipinski definition) is 4. The van der Waals surface area contributed by atoms with Crippen molar-refractivity contribution in [3.8, 4) is 0 Å². The number of rotatable bonds is 8. The first-order valence-electron chi connectivity index (χ1n) is 5.57. The highest BCUT2D eigenvalue weighted by Crippen LogP contribution is 2.21. The van der Waals surface area contributed by atoms with Gasteiger partial charge in [-0.25, -0.2) is 0 Å². The molecule has 0 aromatic carbocycles. The predicted molar refractivity (Wildman–Crippen MR) is 67.9 cm³/mol. The molecule has 5 heteroatoms. The minimum atomic E-state index is 0.562. The first-order chi connectivity index (χ1) is 7.72. The Labute approximate surface area is 102 Å². The number of aryl methyl sites for hydroxylation is 1. The van der Waals surface area contributed by atoms with Crippen LogP contribution in [0.1, 0.15) is 13.3 Å². The van der Waals surface area contributed by atoms with Crippen LogP contribution in [0.15, 0.2) is 17.3 Å². The van der Waals surface area contributed by atoms with E-state index in [4.69, 9.17) is 4.74 Å². The summed E-state index contributed by atoms with van der Waals surface area (Å²) in [6, 6.07) is 0. The fourth-order valence-electron chi connectivity index (χ4n) is 1.38. The molecule has 1 N–H and O–H groups in total. The quantitative estimate of drug-likeness (QED) is 0.555. The van der Waals surface area contributed by atoms with E-state index in [1.54, 1.807) is 7.11 Å². The number of ether oxygens (including phenoxy) is 1. The van der Waals surface area contributed by atoms with Crippen molar-refractivity contribution in [2.75, 3.05) is 26.8 Å². The molecule has 0 aliphatic rings. The molecule has 92 valence electrons. The molecule has 16 heavy (non-hydrogen) atoms. The Kier molecular flexibility index (Phi) is 6.52. The van der Waals surface area contributed by atoms with Crippen LogP contribution >= 0.6 is 11.8 Å². The molecule has 0 spiro atoms. The Bertz CT molecular complexity index is 291. The SMILES string of the molecule is COCCCNCC(C)Sc1cnn(C)c1. The zero-order chi connectivity index (χ0) is 11.8. The average Bonchev–Trinajstić information content (AvgIpc) is 2.63. The van der Waals surface area contributed by atoms with Gasteiger partial charge in [0.15, 0.2) is 0 Å². The van der Waals surface area contributed by atoms with Crippen LogP contribution in [0.2, 0.25) is 0 Å². The molecule has 0 aliphatic carbocycles. The molecule has 1 heterocycles. The van der Waals surface area contributed by atoms with E-state index in [1.165, 1.54) is 4.90 Å². The van der Waals surface area contributed by atoms with Gasteiger partial charge >= 0.3 is 0 Å². The van der Waals surface area contributed by atoms with Gasteiger partial charge in [0.05, 0.1) is 6.20 Å². The van der Waals surface area contributed by atoms with Gasteiger partial charge in [0.1, 0.15) is 0 Å². The van der Waals surface area contributed by atoms with E-state index in [0.29, 0.717) is 5.25 Å². The Hall–Kier alpha value is -0.520. The van der Waals surface area contributed by atoms with Gasteiger partial charge in [0.2, 0.25) is 0 Å². The van der Waals surface area contributed by atoms with Gasteiger partial charge in [-0.15, -0.1) is 11.8 Å². The summed E-state index contributed by atoms with van der Waals surface area (Å²) >= 11 is 1.85. The Morgan fingerprint density at radius 2 is 2.44 bits per heavy atom. The molecule has 0 fully saturated rings. The molecule has 0 saturated heterocycles. The molecule has 1 atom stereocenters. The first-order valence-corrected chi connectivity index (χ1v) is 6.45. The third-order valence-corrected chi connectivity index (χ3v) is 3.20. The highest BCUT2D eigenvalue weighted by Gasteiger charge is 2.05. The lowest BCUT2D eigenvalue weighted by atomic mass is 10.4. The van der Waals surface area contributed by atoms with Gasteiger partial charge in [-0.3, -0.25) is 4.68 Å². The largest absolute Gasteiger partial charge is 0.385 e. The second-order valence-electron chi connectivity index (χ2n) is 3.83. The van der Waals surface area contributed by atoms with Crippen molar-refractivity contribution >= 4 is 11.8 Å². The van der Waals surface area contributed by atoms with Crippen molar-refractivity contribution in [1.82, 2.24) is 15.1 Å². The summed E-state index contributed by atoms with van der Waals surface area (Å²) in [6.07, 6.45) is 5.03. The van der Waals surface area contributed by atoms with Gasteiger partial charge in [0.25, 0.3) is 0 Å². The standard InChI is InChI=1S/C11H21N3OS/c1-10(7-12-5-4-6-15-3)16-11-8-13-14(2)9-11/h8-10,12H,4-7H2,1-3H3. The molecule has 1 unspecified atom stereocenters. The monoisotopic (exact) mass is 243 g/mol. The summed E-state index contributed by atoms with van der Waals surface area (Å²) in [5.41, 5.74) is 0. The van der Waals surface area contributed by atoms with Gasteiger partial charge in [-0.1, -0.05) is 6.92 Å². The number of nitrogens with zero attached hydrogens (tertiary/aromatic N) is 2. The van der Waals surface area contributed by atoms with Gasteiger partial charge in [-0.05, 0) is 13.0 Å². The van der Waals surface area contributed by atoms with E-state index in [-0.39, 0.29) is 0 Å². The lowest BCUT2D eigenvalue weighted by Gasteiger charge is -2.10. The lowest BCUT2D eigenvalue weighted by molar-refractivity contribution is 0.194. The van der Waals surface area contributed by atoms with E-state index < -0.39 is 0 Å². The van der Waals surface area contributed by atoms with Crippen LogP contribution in [0.5, 0.6) is 0 Å². The van der Waals surface area contributed by atoms with Crippen molar-refractivity contribution in [1.29, 1.82) is 0 Å². The van der Waals surface area contributed by atoms with Gasteiger partial charge in [-0.2, -0.15) is 5.10 Å². The number of methoxy groups -OCH3 is 1. The van der Waals surface area contributed by atoms with Crippen LogP contribution in [0.3, 0.4) is 0 Å². The molecule has 0 aliphatic heterocycles. The van der Waals surface area contributed by atoms with E-state index in [2.05, 4.69) is 17.3 Å². The van der Waals surface area contributed by atoms with E-state index >= 15 is 0 Å². The fraction of sp³-hybridized carbons (Fsp3) is 0.727. The zero-order valence-electron chi connectivity index (χ0n) is 10.3. The summed E-state index contributed by atoms with van der Waals surface area (Å²) < 4.78 is 6.83. The minimum Gasteiger partial charge on any atom is -0.385 e. The number of hydrogen-bond donors (Lipinski definition) is 1. The number of aromatic nitrogens is 2. The maximum absolute atomic E-state index is 4.99. The summed E-state index contributed by atoms with van der Waals surface area (Å²) in [6.45, 7) is 5.09. The molecular weight excluding hydrogens is 222 g/mol. The summed E-state index contributed by atoms with van der Waals surface area (Å²) in [5, 5.41) is 8.13. The van der Waals surface area contributed by atoms with Gasteiger partial charge < -0.3 is 10.1 Å². The maximum Gasteiger partial charge on any atom is 0.0625 e. The van der Waals surface area contributed by atoms with Crippen LogP contribution in [0.25, 0.3) is 0 Å². The molecule has 0 amide bonds. The lowest BCUT2D eigenvalue weighted by Crippen LogP contribution is -2.24. The molecule has 1 aromatic heterocycles. The van der Waals surface area contributed by atoms with Crippen LogP contribution in [0, 0.1) is 0 Å². The van der Waals surface area contributed by atoms with Crippen molar-refractivity contribution in [3.05, 3.63) is 12.4 Å². The van der Waals surface area contributed by atoms with Crippen molar-refractivity contribution in [3.63, 3.8) is 0 Å². The molecule has 0 saturated carbocycles. The topological polar surface area (TPSA) is 39.1 Å². The predicted octanol–water partition coefficient (Wildman–Crippen LogP) is 1.53. The normalized spacial score (nSPS) is 12.9. The van der Waals surface area contributed by atoms with Crippen molar-refractivity contribution < 1.29 is 4.74 Å². The Morgan fingerprint density at radius 1 is 1.62 bits per heavy atom. The summed E-state index contributed by atoms with van der Waals surface area (Å²) in [4.78, 5) is 1.23. The molecule has 0 bridgehead atoms. The fourth-order valence-corrected chi connectivity index (χ4v) is 2.37. The highest BCUT2D eigenvalue weighted by atomic mass is 32.2. The van der Waals surface area contributed by atoms with Crippen LogP contribution in [0.4, 0.5) is 0 Å². The number of thioether (sulfide) groups is 1. The Balaban J connectivity index is 2.09. The molecule has 0 radical (unpaired) electrons. The maximum atomic E-state index is 4.99. The Morgan fingerprint density at radius 3 is 3.06 bits per heavy atom. The van der Waals surface area contributed by atoms with Crippen molar-refractivity contribution in [2.45, 2.75) is 23.5 Å². The second kappa shape index (κ2) is 7.70. The summed E-state index contributed by atoms with van der Waals surface area (Å²) in [5.74, 6) is 0. The highest BCUT2D eigenvalue weighted by molar-refractivity contribution is 8.00. The van der Waals surface area contributed by atoms with Crippen LogP contribution in [-0.2, 0) is 11.8 Å². The van der Waals surface area contributed by atoms with Crippen molar-refractivity contribution in [2.24, 2.45) is 7.05 Å². The third-order valence-electron chi connectivity index (χ3n) is 2.15. The average molecular weight is 243 g/mol. The van der Waals surface area contributed by atoms with E-state index in [1.807, 2.05) is 35.9 Å². The smallest absolute Gasteiger partial charge is 0.0625 e. The first kappa shape index (κ1) is 13.5. The molecule has 1 rings (SSSR count). The van der Waals surface area contributed by atoms with E-state index in [0.717, 1.165) is 26.1 Å². The molecular formula is C11H21N3OS. The summed E-state index contributed by atoms with van der Waals surface area (Å²) in [7, 11) is 3.68. The molecule has 1 aromatic rings. The third kappa shape index (κ3) is 5.53. The minimum absolute atomic E-state index is 0.562. The van der Waals surface area contributed by atoms with Crippen LogP contribution < -0.4 is 5.32 Å².